The number of likely N-dealkylation sites (tertiary alicyclic amines) is 1. The normalized spacial score (nSPS) is 19.7. The third-order valence-corrected chi connectivity index (χ3v) is 8.28. The van der Waals surface area contributed by atoms with E-state index in [-0.39, 0.29) is 12.4 Å². The van der Waals surface area contributed by atoms with Crippen molar-refractivity contribution in [3.8, 4) is 0 Å². The molecule has 0 amide bonds. The van der Waals surface area contributed by atoms with Gasteiger partial charge in [0.1, 0.15) is 5.82 Å². The zero-order chi connectivity index (χ0) is 21.6. The summed E-state index contributed by atoms with van der Waals surface area (Å²) in [5.74, 6) is 0.166. The zero-order valence-electron chi connectivity index (χ0n) is 17.1. The first kappa shape index (κ1) is 20.4. The lowest BCUT2D eigenvalue weighted by atomic mass is 9.89. The van der Waals surface area contributed by atoms with Crippen LogP contribution in [-0.4, -0.2) is 50.7 Å². The molecule has 1 fully saturated rings. The van der Waals surface area contributed by atoms with E-state index in [0.29, 0.717) is 23.0 Å². The average Bonchev–Trinajstić information content (AvgIpc) is 2.98. The van der Waals surface area contributed by atoms with Crippen LogP contribution in [0.15, 0.2) is 65.6 Å². The van der Waals surface area contributed by atoms with Crippen LogP contribution in [0, 0.1) is 5.82 Å². The fraction of sp³-hybridized carbons (Fsp3) is 0.333. The van der Waals surface area contributed by atoms with Gasteiger partial charge in [-0.1, -0.05) is 36.4 Å². The van der Waals surface area contributed by atoms with Gasteiger partial charge in [0.15, 0.2) is 0 Å². The molecule has 1 N–H and O–H groups in total. The molecule has 2 aliphatic heterocycles. The second-order valence-corrected chi connectivity index (χ2v) is 10.3. The third kappa shape index (κ3) is 3.71. The van der Waals surface area contributed by atoms with Crippen LogP contribution >= 0.6 is 0 Å². The van der Waals surface area contributed by atoms with Gasteiger partial charge in [0.05, 0.1) is 23.2 Å². The molecule has 3 aromatic rings. The Labute approximate surface area is 181 Å². The van der Waals surface area contributed by atoms with Crippen LogP contribution in [0.2, 0.25) is 0 Å². The Kier molecular flexibility index (Phi) is 5.20. The molecule has 1 unspecified atom stereocenters. The molecule has 2 heterocycles. The highest BCUT2D eigenvalue weighted by Crippen LogP contribution is 2.42. The van der Waals surface area contributed by atoms with Crippen LogP contribution in [-0.2, 0) is 10.0 Å². The molecule has 0 spiro atoms. The summed E-state index contributed by atoms with van der Waals surface area (Å²) in [5.41, 5.74) is 1.79. The lowest BCUT2D eigenvalue weighted by Crippen LogP contribution is -2.43. The largest absolute Gasteiger partial charge is 0.390 e. The quantitative estimate of drug-likeness (QED) is 0.657. The predicted molar refractivity (Wildman–Crippen MR) is 119 cm³/mol. The number of hydrogen-bond donors (Lipinski definition) is 1. The first-order valence-electron chi connectivity index (χ1n) is 10.6. The molecule has 5 nitrogen and oxygen atoms in total. The van der Waals surface area contributed by atoms with Crippen molar-refractivity contribution in [2.45, 2.75) is 29.8 Å². The Bertz CT molecular complexity index is 1200. The average molecular weight is 441 g/mol. The molecule has 7 heteroatoms. The molecule has 3 aromatic carbocycles. The van der Waals surface area contributed by atoms with Gasteiger partial charge in [-0.15, -0.1) is 0 Å². The molecule has 1 saturated heterocycles. The number of nitrogens with zero attached hydrogens (tertiary/aromatic N) is 2. The van der Waals surface area contributed by atoms with Crippen molar-refractivity contribution >= 4 is 26.5 Å². The van der Waals surface area contributed by atoms with Gasteiger partial charge in [0.2, 0.25) is 0 Å². The predicted octanol–water partition coefficient (Wildman–Crippen LogP) is 3.73. The number of sulfonamides is 1. The van der Waals surface area contributed by atoms with Crippen LogP contribution in [0.3, 0.4) is 0 Å². The Morgan fingerprint density at radius 1 is 0.968 bits per heavy atom. The number of β-amino-alcohol motifs (C(OH)–C–C–N with tert-alkyl or cyclic N) is 1. The highest BCUT2D eigenvalue weighted by atomic mass is 32.2. The molecule has 2 aliphatic rings. The van der Waals surface area contributed by atoms with Crippen LogP contribution in [0.4, 0.5) is 10.1 Å². The van der Waals surface area contributed by atoms with Crippen molar-refractivity contribution in [3.05, 3.63) is 72.0 Å². The summed E-state index contributed by atoms with van der Waals surface area (Å²) in [6.07, 6.45) is 1.08. The summed E-state index contributed by atoms with van der Waals surface area (Å²) >= 11 is 0. The minimum Gasteiger partial charge on any atom is -0.390 e. The summed E-state index contributed by atoms with van der Waals surface area (Å²) in [7, 11) is -3.66. The van der Waals surface area contributed by atoms with Crippen LogP contribution < -0.4 is 4.31 Å². The van der Waals surface area contributed by atoms with Crippen molar-refractivity contribution < 1.29 is 17.9 Å². The molecular weight excluding hydrogens is 415 g/mol. The number of rotatable bonds is 5. The van der Waals surface area contributed by atoms with Crippen LogP contribution in [0.5, 0.6) is 0 Å². The maximum Gasteiger partial charge on any atom is 0.265 e. The van der Waals surface area contributed by atoms with Gasteiger partial charge < -0.3 is 10.0 Å². The molecule has 0 bridgehead atoms. The maximum atomic E-state index is 13.2. The van der Waals surface area contributed by atoms with E-state index in [2.05, 4.69) is 4.90 Å². The fourth-order valence-electron chi connectivity index (χ4n) is 4.89. The van der Waals surface area contributed by atoms with E-state index in [1.54, 1.807) is 18.2 Å². The number of benzene rings is 3. The van der Waals surface area contributed by atoms with Crippen molar-refractivity contribution in [1.82, 2.24) is 4.90 Å². The lowest BCUT2D eigenvalue weighted by Gasteiger charge is -2.34. The SMILES string of the molecule is O=S1(=O)c2cccc3cccc(c23)N1CC(O)CN1CCC(c2ccc(F)cc2)CC1. The smallest absolute Gasteiger partial charge is 0.265 e. The topological polar surface area (TPSA) is 60.9 Å². The van der Waals surface area contributed by atoms with E-state index >= 15 is 0 Å². The van der Waals surface area contributed by atoms with Crippen LogP contribution in [0.25, 0.3) is 10.8 Å². The Hall–Kier alpha value is -2.48. The highest BCUT2D eigenvalue weighted by Gasteiger charge is 2.36. The molecule has 31 heavy (non-hydrogen) atoms. The highest BCUT2D eigenvalue weighted by molar-refractivity contribution is 7.93. The van der Waals surface area contributed by atoms with E-state index in [9.17, 15) is 17.9 Å². The Morgan fingerprint density at radius 2 is 1.65 bits per heavy atom. The molecule has 162 valence electrons. The summed E-state index contributed by atoms with van der Waals surface area (Å²) in [5, 5.41) is 12.4. The molecule has 5 rings (SSSR count). The Balaban J connectivity index is 1.24. The number of aliphatic hydroxyl groups excluding tert-OH is 1. The summed E-state index contributed by atoms with van der Waals surface area (Å²) in [6.45, 7) is 2.10. The number of anilines is 1. The first-order valence-corrected chi connectivity index (χ1v) is 12.1. The van der Waals surface area contributed by atoms with E-state index in [1.807, 2.05) is 30.3 Å². The van der Waals surface area contributed by atoms with Gasteiger partial charge in [-0.2, -0.15) is 0 Å². The van der Waals surface area contributed by atoms with E-state index in [4.69, 9.17) is 0 Å². The second kappa shape index (κ2) is 7.89. The first-order chi connectivity index (χ1) is 14.9. The van der Waals surface area contributed by atoms with Gasteiger partial charge in [-0.05, 0) is 67.1 Å². The molecule has 0 saturated carbocycles. The van der Waals surface area contributed by atoms with E-state index < -0.39 is 16.1 Å². The zero-order valence-corrected chi connectivity index (χ0v) is 17.9. The number of halogens is 1. The van der Waals surface area contributed by atoms with Gasteiger partial charge >= 0.3 is 0 Å². The van der Waals surface area contributed by atoms with Gasteiger partial charge in [0, 0.05) is 11.9 Å². The molecule has 0 radical (unpaired) electrons. The standard InChI is InChI=1S/C24H25FN2O3S/c25-20-9-7-17(8-10-20)18-11-13-26(14-12-18)15-21(28)16-27-22-5-1-3-19-4-2-6-23(24(19)22)31(27,29)30/h1-10,18,21,28H,11-16H2. The van der Waals surface area contributed by atoms with Gasteiger partial charge in [-0.3, -0.25) is 4.31 Å². The number of piperidine rings is 1. The molecule has 0 aliphatic carbocycles. The van der Waals surface area contributed by atoms with Gasteiger partial charge in [-0.25, -0.2) is 12.8 Å². The summed E-state index contributed by atoms with van der Waals surface area (Å²) in [4.78, 5) is 2.49. The van der Waals surface area contributed by atoms with Crippen LogP contribution in [0.1, 0.15) is 24.3 Å². The number of hydrogen-bond acceptors (Lipinski definition) is 4. The van der Waals surface area contributed by atoms with E-state index in [1.165, 1.54) is 16.4 Å². The minimum atomic E-state index is -3.66. The maximum absolute atomic E-state index is 13.2. The fourth-order valence-corrected chi connectivity index (χ4v) is 6.63. The minimum absolute atomic E-state index is 0.0357. The summed E-state index contributed by atoms with van der Waals surface area (Å²) in [6, 6.07) is 17.5. The second-order valence-electron chi connectivity index (χ2n) is 8.45. The number of aliphatic hydroxyl groups is 1. The van der Waals surface area contributed by atoms with Crippen molar-refractivity contribution in [2.75, 3.05) is 30.5 Å². The summed E-state index contributed by atoms with van der Waals surface area (Å²) < 4.78 is 40.7. The van der Waals surface area contributed by atoms with Crippen molar-refractivity contribution in [1.29, 1.82) is 0 Å². The third-order valence-electron chi connectivity index (χ3n) is 6.46. The monoisotopic (exact) mass is 440 g/mol. The Morgan fingerprint density at radius 3 is 2.35 bits per heavy atom. The molecule has 0 aromatic heterocycles. The lowest BCUT2D eigenvalue weighted by molar-refractivity contribution is 0.103. The molecular formula is C24H25FN2O3S. The van der Waals surface area contributed by atoms with E-state index in [0.717, 1.165) is 42.3 Å². The van der Waals surface area contributed by atoms with Crippen molar-refractivity contribution in [3.63, 3.8) is 0 Å². The van der Waals surface area contributed by atoms with Crippen molar-refractivity contribution in [2.24, 2.45) is 0 Å². The molecule has 1 atom stereocenters. The van der Waals surface area contributed by atoms with Gasteiger partial charge in [0.25, 0.3) is 10.0 Å².